The number of fused-ring (bicyclic) bond motifs is 1. The fourth-order valence-electron chi connectivity index (χ4n) is 2.96. The minimum atomic E-state index is -0.101. The van der Waals surface area contributed by atoms with Crippen molar-refractivity contribution in [2.75, 3.05) is 6.54 Å². The van der Waals surface area contributed by atoms with E-state index in [1.54, 1.807) is 12.1 Å². The van der Waals surface area contributed by atoms with E-state index < -0.39 is 0 Å². The molecule has 1 nitrogen and oxygen atoms in total. The monoisotopic (exact) mass is 233 g/mol. The Hall–Kier alpha value is -0.890. The van der Waals surface area contributed by atoms with Crippen LogP contribution in [0, 0.1) is 17.7 Å². The van der Waals surface area contributed by atoms with E-state index in [1.165, 1.54) is 24.0 Å². The molecule has 3 rings (SSSR count). The van der Waals surface area contributed by atoms with Crippen molar-refractivity contribution in [3.8, 4) is 0 Å². The van der Waals surface area contributed by atoms with Crippen molar-refractivity contribution in [1.29, 1.82) is 0 Å². The standard InChI is InChI=1S/C15H20FN/c1-10(11-2-3-11)9-17-15-7-4-12-8-13(16)5-6-14(12)15/h5-6,8,10-11,15,17H,2-4,7,9H2,1H3. The van der Waals surface area contributed by atoms with Gasteiger partial charge in [0, 0.05) is 6.04 Å². The Morgan fingerprint density at radius 2 is 2.18 bits per heavy atom. The zero-order valence-corrected chi connectivity index (χ0v) is 10.4. The molecule has 2 heteroatoms. The van der Waals surface area contributed by atoms with E-state index in [0.29, 0.717) is 6.04 Å². The average Bonchev–Trinajstić information content (AvgIpc) is 3.08. The van der Waals surface area contributed by atoms with Crippen LogP contribution in [0.25, 0.3) is 0 Å². The van der Waals surface area contributed by atoms with E-state index in [1.807, 2.05) is 6.07 Å². The van der Waals surface area contributed by atoms with Crippen molar-refractivity contribution in [1.82, 2.24) is 5.32 Å². The summed E-state index contributed by atoms with van der Waals surface area (Å²) in [6, 6.07) is 5.69. The van der Waals surface area contributed by atoms with Crippen LogP contribution in [-0.2, 0) is 6.42 Å². The summed E-state index contributed by atoms with van der Waals surface area (Å²) >= 11 is 0. The lowest BCUT2D eigenvalue weighted by atomic mass is 10.0. The fourth-order valence-corrected chi connectivity index (χ4v) is 2.96. The molecule has 1 saturated carbocycles. The van der Waals surface area contributed by atoms with Gasteiger partial charge in [0.15, 0.2) is 0 Å². The van der Waals surface area contributed by atoms with Crippen molar-refractivity contribution in [2.45, 2.75) is 38.6 Å². The predicted molar refractivity (Wildman–Crippen MR) is 67.4 cm³/mol. The Balaban J connectivity index is 1.62. The summed E-state index contributed by atoms with van der Waals surface area (Å²) in [6.45, 7) is 3.44. The number of hydrogen-bond acceptors (Lipinski definition) is 1. The molecule has 0 spiro atoms. The first-order chi connectivity index (χ1) is 8.24. The first-order valence-electron chi connectivity index (χ1n) is 6.76. The van der Waals surface area contributed by atoms with Gasteiger partial charge in [-0.15, -0.1) is 0 Å². The van der Waals surface area contributed by atoms with E-state index in [9.17, 15) is 4.39 Å². The van der Waals surface area contributed by atoms with Crippen LogP contribution in [0.1, 0.15) is 43.4 Å². The summed E-state index contributed by atoms with van der Waals surface area (Å²) in [4.78, 5) is 0. The van der Waals surface area contributed by atoms with Gasteiger partial charge >= 0.3 is 0 Å². The van der Waals surface area contributed by atoms with Crippen LogP contribution in [0.5, 0.6) is 0 Å². The minimum Gasteiger partial charge on any atom is -0.310 e. The summed E-state index contributed by atoms with van der Waals surface area (Å²) in [7, 11) is 0. The minimum absolute atomic E-state index is 0.101. The topological polar surface area (TPSA) is 12.0 Å². The molecular formula is C15H20FN. The number of halogens is 1. The zero-order valence-electron chi connectivity index (χ0n) is 10.4. The first-order valence-corrected chi connectivity index (χ1v) is 6.76. The molecule has 2 atom stereocenters. The summed E-state index contributed by atoms with van der Waals surface area (Å²) < 4.78 is 13.1. The second-order valence-corrected chi connectivity index (χ2v) is 5.66. The first kappa shape index (κ1) is 11.2. The Morgan fingerprint density at radius 3 is 2.94 bits per heavy atom. The number of rotatable bonds is 4. The molecule has 1 N–H and O–H groups in total. The average molecular weight is 233 g/mol. The summed E-state index contributed by atoms with van der Waals surface area (Å²) in [5, 5.41) is 3.66. The molecule has 0 heterocycles. The van der Waals surface area contributed by atoms with Crippen LogP contribution in [0.15, 0.2) is 18.2 Å². The molecule has 1 aromatic rings. The molecule has 2 unspecified atom stereocenters. The van der Waals surface area contributed by atoms with Gasteiger partial charge in [-0.1, -0.05) is 13.0 Å². The molecule has 1 aromatic carbocycles. The van der Waals surface area contributed by atoms with Crippen molar-refractivity contribution < 1.29 is 4.39 Å². The molecule has 92 valence electrons. The second kappa shape index (κ2) is 4.41. The molecule has 0 aliphatic heterocycles. The van der Waals surface area contributed by atoms with Gasteiger partial charge in [-0.05, 0) is 67.3 Å². The third-order valence-corrected chi connectivity index (χ3v) is 4.30. The van der Waals surface area contributed by atoms with Crippen molar-refractivity contribution in [3.63, 3.8) is 0 Å². The molecule has 0 amide bonds. The van der Waals surface area contributed by atoms with Gasteiger partial charge in [-0.25, -0.2) is 4.39 Å². The molecule has 2 aliphatic rings. The van der Waals surface area contributed by atoms with Crippen LogP contribution >= 0.6 is 0 Å². The predicted octanol–water partition coefficient (Wildman–Crippen LogP) is 3.45. The van der Waals surface area contributed by atoms with E-state index in [2.05, 4.69) is 12.2 Å². The number of benzene rings is 1. The highest BCUT2D eigenvalue weighted by Gasteiger charge is 2.29. The molecule has 1 fully saturated rings. The van der Waals surface area contributed by atoms with Gasteiger partial charge in [0.05, 0.1) is 0 Å². The van der Waals surface area contributed by atoms with E-state index in [0.717, 1.165) is 31.2 Å². The Labute approximate surface area is 102 Å². The maximum atomic E-state index is 13.1. The van der Waals surface area contributed by atoms with Gasteiger partial charge in [0.2, 0.25) is 0 Å². The highest BCUT2D eigenvalue weighted by molar-refractivity contribution is 5.34. The Bertz CT molecular complexity index is 411. The van der Waals surface area contributed by atoms with E-state index >= 15 is 0 Å². The maximum absolute atomic E-state index is 13.1. The van der Waals surface area contributed by atoms with Gasteiger partial charge in [-0.3, -0.25) is 0 Å². The molecule has 17 heavy (non-hydrogen) atoms. The normalized spacial score (nSPS) is 24.7. The number of aryl methyl sites for hydroxylation is 1. The van der Waals surface area contributed by atoms with E-state index in [4.69, 9.17) is 0 Å². The third kappa shape index (κ3) is 2.37. The van der Waals surface area contributed by atoms with Crippen LogP contribution in [-0.4, -0.2) is 6.54 Å². The zero-order chi connectivity index (χ0) is 11.8. The molecule has 0 radical (unpaired) electrons. The number of nitrogens with one attached hydrogen (secondary N) is 1. The van der Waals surface area contributed by atoms with Gasteiger partial charge < -0.3 is 5.32 Å². The lowest BCUT2D eigenvalue weighted by Gasteiger charge is -2.17. The smallest absolute Gasteiger partial charge is 0.123 e. The molecular weight excluding hydrogens is 213 g/mol. The van der Waals surface area contributed by atoms with Crippen molar-refractivity contribution >= 4 is 0 Å². The highest BCUT2D eigenvalue weighted by Crippen LogP contribution is 2.37. The lowest BCUT2D eigenvalue weighted by Crippen LogP contribution is -2.25. The summed E-state index contributed by atoms with van der Waals surface area (Å²) in [6.07, 6.45) is 4.96. The quantitative estimate of drug-likeness (QED) is 0.840. The van der Waals surface area contributed by atoms with Crippen LogP contribution in [0.2, 0.25) is 0 Å². The third-order valence-electron chi connectivity index (χ3n) is 4.30. The lowest BCUT2D eigenvalue weighted by molar-refractivity contribution is 0.418. The Morgan fingerprint density at radius 1 is 1.35 bits per heavy atom. The van der Waals surface area contributed by atoms with Crippen molar-refractivity contribution in [2.24, 2.45) is 11.8 Å². The van der Waals surface area contributed by atoms with Gasteiger partial charge in [0.1, 0.15) is 5.82 Å². The van der Waals surface area contributed by atoms with Gasteiger partial charge in [-0.2, -0.15) is 0 Å². The summed E-state index contributed by atoms with van der Waals surface area (Å²) in [5.74, 6) is 1.65. The molecule has 0 aromatic heterocycles. The van der Waals surface area contributed by atoms with Gasteiger partial charge in [0.25, 0.3) is 0 Å². The number of hydrogen-bond donors (Lipinski definition) is 1. The largest absolute Gasteiger partial charge is 0.310 e. The Kier molecular flexibility index (Phi) is 2.91. The molecule has 0 bridgehead atoms. The van der Waals surface area contributed by atoms with E-state index in [-0.39, 0.29) is 5.82 Å². The van der Waals surface area contributed by atoms with Crippen LogP contribution in [0.4, 0.5) is 4.39 Å². The fraction of sp³-hybridized carbons (Fsp3) is 0.600. The second-order valence-electron chi connectivity index (χ2n) is 5.66. The molecule has 0 saturated heterocycles. The molecule has 2 aliphatic carbocycles. The van der Waals surface area contributed by atoms with Crippen LogP contribution < -0.4 is 5.32 Å². The SMILES string of the molecule is CC(CNC1CCc2cc(F)ccc21)C1CC1. The highest BCUT2D eigenvalue weighted by atomic mass is 19.1. The summed E-state index contributed by atoms with van der Waals surface area (Å²) in [5.41, 5.74) is 2.51. The maximum Gasteiger partial charge on any atom is 0.123 e. The van der Waals surface area contributed by atoms with Crippen LogP contribution in [0.3, 0.4) is 0 Å². The van der Waals surface area contributed by atoms with Crippen molar-refractivity contribution in [3.05, 3.63) is 35.1 Å².